The third-order valence-corrected chi connectivity index (χ3v) is 5.42. The van der Waals surface area contributed by atoms with Crippen molar-refractivity contribution < 1.29 is 13.9 Å². The Morgan fingerprint density at radius 1 is 1.36 bits per heavy atom. The molecule has 1 saturated heterocycles. The molecule has 7 nitrogen and oxygen atoms in total. The highest BCUT2D eigenvalue weighted by Gasteiger charge is 2.17. The molecular formula is C20H22N4O3S. The summed E-state index contributed by atoms with van der Waals surface area (Å²) < 4.78 is 10.7. The lowest BCUT2D eigenvalue weighted by Gasteiger charge is -2.27. The normalized spacial score (nSPS) is 15.4. The molecule has 1 aliphatic rings. The van der Waals surface area contributed by atoms with Crippen LogP contribution in [0.25, 0.3) is 10.6 Å². The maximum atomic E-state index is 12.5. The Balaban J connectivity index is 1.43. The Bertz CT molecular complexity index is 919. The highest BCUT2D eigenvalue weighted by molar-refractivity contribution is 7.13. The first-order valence-corrected chi connectivity index (χ1v) is 10.1. The number of hydrogen-bond donors (Lipinski definition) is 1. The van der Waals surface area contributed by atoms with Crippen LogP contribution in [-0.2, 0) is 11.2 Å². The van der Waals surface area contributed by atoms with Gasteiger partial charge in [0.25, 0.3) is 5.91 Å². The standard InChI is InChI=1S/C20H22N4O3S/c1-14(11-16-3-2-8-27-16)22-19(25)17-13-28-20(23-17)15-4-5-21-18(12-15)24-6-9-26-10-7-24/h2-5,8,12-14H,6-7,9-11H2,1H3,(H,22,25)/t14-/m0/s1. The van der Waals surface area contributed by atoms with Crippen LogP contribution in [-0.4, -0.2) is 48.2 Å². The minimum absolute atomic E-state index is 0.0438. The smallest absolute Gasteiger partial charge is 0.270 e. The minimum atomic E-state index is -0.177. The number of ether oxygens (including phenoxy) is 1. The van der Waals surface area contributed by atoms with Gasteiger partial charge in [-0.05, 0) is 31.2 Å². The third-order valence-electron chi connectivity index (χ3n) is 4.53. The number of anilines is 1. The number of nitrogens with one attached hydrogen (secondary N) is 1. The van der Waals surface area contributed by atoms with Crippen LogP contribution in [0.4, 0.5) is 5.82 Å². The fourth-order valence-electron chi connectivity index (χ4n) is 3.11. The molecule has 0 saturated carbocycles. The first-order chi connectivity index (χ1) is 13.7. The Morgan fingerprint density at radius 3 is 3.00 bits per heavy atom. The maximum Gasteiger partial charge on any atom is 0.270 e. The molecule has 0 bridgehead atoms. The Hall–Kier alpha value is -2.71. The third kappa shape index (κ3) is 4.40. The molecule has 28 heavy (non-hydrogen) atoms. The highest BCUT2D eigenvalue weighted by atomic mass is 32.1. The predicted octanol–water partition coefficient (Wildman–Crippen LogP) is 3.00. The number of nitrogens with zero attached hydrogens (tertiary/aromatic N) is 3. The molecule has 3 aromatic rings. The van der Waals surface area contributed by atoms with Crippen LogP contribution in [0.5, 0.6) is 0 Å². The molecule has 1 fully saturated rings. The van der Waals surface area contributed by atoms with Crippen LogP contribution >= 0.6 is 11.3 Å². The van der Waals surface area contributed by atoms with Crippen molar-refractivity contribution in [3.8, 4) is 10.6 Å². The van der Waals surface area contributed by atoms with E-state index in [1.165, 1.54) is 11.3 Å². The van der Waals surface area contributed by atoms with Gasteiger partial charge in [0, 0.05) is 42.7 Å². The average Bonchev–Trinajstić information content (AvgIpc) is 3.41. The predicted molar refractivity (Wildman–Crippen MR) is 108 cm³/mol. The molecule has 3 aromatic heterocycles. The van der Waals surface area contributed by atoms with Gasteiger partial charge >= 0.3 is 0 Å². The Morgan fingerprint density at radius 2 is 2.21 bits per heavy atom. The molecule has 1 N–H and O–H groups in total. The van der Waals surface area contributed by atoms with Gasteiger partial charge in [0.2, 0.25) is 0 Å². The largest absolute Gasteiger partial charge is 0.469 e. The van der Waals surface area contributed by atoms with Crippen LogP contribution in [0.15, 0.2) is 46.5 Å². The molecule has 4 heterocycles. The molecular weight excluding hydrogens is 376 g/mol. The molecule has 4 rings (SSSR count). The first kappa shape index (κ1) is 18.6. The van der Waals surface area contributed by atoms with Crippen LogP contribution in [0.3, 0.4) is 0 Å². The summed E-state index contributed by atoms with van der Waals surface area (Å²) >= 11 is 1.46. The Labute approximate surface area is 167 Å². The molecule has 146 valence electrons. The summed E-state index contributed by atoms with van der Waals surface area (Å²) in [5.41, 5.74) is 1.39. The molecule has 0 radical (unpaired) electrons. The van der Waals surface area contributed by atoms with Gasteiger partial charge in [-0.3, -0.25) is 4.79 Å². The molecule has 0 unspecified atom stereocenters. The van der Waals surface area contributed by atoms with Crippen molar-refractivity contribution in [2.24, 2.45) is 0 Å². The average molecular weight is 398 g/mol. The number of amides is 1. The van der Waals surface area contributed by atoms with Crippen LogP contribution < -0.4 is 10.2 Å². The summed E-state index contributed by atoms with van der Waals surface area (Å²) in [5, 5.41) is 5.57. The molecule has 1 atom stereocenters. The van der Waals surface area contributed by atoms with Gasteiger partial charge in [-0.2, -0.15) is 0 Å². The van der Waals surface area contributed by atoms with Crippen LogP contribution in [0.1, 0.15) is 23.2 Å². The number of morpholine rings is 1. The lowest BCUT2D eigenvalue weighted by molar-refractivity contribution is 0.0935. The van der Waals surface area contributed by atoms with Crippen molar-refractivity contribution in [3.05, 3.63) is 53.6 Å². The second-order valence-corrected chi connectivity index (χ2v) is 7.56. The number of carbonyl (C=O) groups is 1. The van der Waals surface area contributed by atoms with E-state index in [2.05, 4.69) is 20.2 Å². The summed E-state index contributed by atoms with van der Waals surface area (Å²) in [7, 11) is 0. The number of rotatable bonds is 6. The van der Waals surface area contributed by atoms with E-state index < -0.39 is 0 Å². The number of hydrogen-bond acceptors (Lipinski definition) is 7. The SMILES string of the molecule is C[C@@H](Cc1ccco1)NC(=O)c1csc(-c2ccnc(N3CCOCC3)c2)n1. The molecule has 1 amide bonds. The zero-order valence-electron chi connectivity index (χ0n) is 15.6. The molecule has 0 aliphatic carbocycles. The fraction of sp³-hybridized carbons (Fsp3) is 0.350. The van der Waals surface area contributed by atoms with Crippen molar-refractivity contribution in [2.75, 3.05) is 31.2 Å². The lowest BCUT2D eigenvalue weighted by Crippen LogP contribution is -2.36. The topological polar surface area (TPSA) is 80.5 Å². The monoisotopic (exact) mass is 398 g/mol. The quantitative estimate of drug-likeness (QED) is 0.688. The van der Waals surface area contributed by atoms with Gasteiger partial charge < -0.3 is 19.4 Å². The lowest BCUT2D eigenvalue weighted by atomic mass is 10.2. The van der Waals surface area contributed by atoms with Crippen molar-refractivity contribution in [1.29, 1.82) is 0 Å². The summed E-state index contributed by atoms with van der Waals surface area (Å²) in [4.78, 5) is 23.7. The second kappa shape index (κ2) is 8.53. The number of carbonyl (C=O) groups excluding carboxylic acids is 1. The van der Waals surface area contributed by atoms with Crippen molar-refractivity contribution in [3.63, 3.8) is 0 Å². The zero-order valence-corrected chi connectivity index (χ0v) is 16.4. The minimum Gasteiger partial charge on any atom is -0.469 e. The van der Waals surface area contributed by atoms with Gasteiger partial charge in [-0.25, -0.2) is 9.97 Å². The van der Waals surface area contributed by atoms with E-state index in [4.69, 9.17) is 9.15 Å². The van der Waals surface area contributed by atoms with Crippen molar-refractivity contribution >= 4 is 23.1 Å². The van der Waals surface area contributed by atoms with E-state index in [1.807, 2.05) is 31.2 Å². The number of aromatic nitrogens is 2. The van der Waals surface area contributed by atoms with E-state index in [0.29, 0.717) is 25.3 Å². The van der Waals surface area contributed by atoms with Crippen molar-refractivity contribution in [2.45, 2.75) is 19.4 Å². The van der Waals surface area contributed by atoms with E-state index >= 15 is 0 Å². The van der Waals surface area contributed by atoms with E-state index in [1.54, 1.807) is 17.8 Å². The van der Waals surface area contributed by atoms with Gasteiger partial charge in [0.05, 0.1) is 19.5 Å². The number of thiazole rings is 1. The summed E-state index contributed by atoms with van der Waals surface area (Å²) in [6.45, 7) is 5.03. The van der Waals surface area contributed by atoms with E-state index in [9.17, 15) is 4.79 Å². The zero-order chi connectivity index (χ0) is 19.3. The summed E-state index contributed by atoms with van der Waals surface area (Å²) in [6, 6.07) is 7.64. The van der Waals surface area contributed by atoms with Gasteiger partial charge in [0.1, 0.15) is 22.3 Å². The van der Waals surface area contributed by atoms with Crippen molar-refractivity contribution in [1.82, 2.24) is 15.3 Å². The van der Waals surface area contributed by atoms with Gasteiger partial charge in [-0.15, -0.1) is 11.3 Å². The maximum absolute atomic E-state index is 12.5. The second-order valence-electron chi connectivity index (χ2n) is 6.70. The molecule has 8 heteroatoms. The summed E-state index contributed by atoms with van der Waals surface area (Å²) in [5.74, 6) is 1.58. The first-order valence-electron chi connectivity index (χ1n) is 9.27. The molecule has 0 aromatic carbocycles. The molecule has 0 spiro atoms. The van der Waals surface area contributed by atoms with Crippen LogP contribution in [0, 0.1) is 0 Å². The molecule has 1 aliphatic heterocycles. The Kier molecular flexibility index (Phi) is 5.68. The fourth-order valence-corrected chi connectivity index (χ4v) is 3.90. The summed E-state index contributed by atoms with van der Waals surface area (Å²) in [6.07, 6.45) is 4.06. The number of pyridine rings is 1. The van der Waals surface area contributed by atoms with Gasteiger partial charge in [-0.1, -0.05) is 0 Å². The van der Waals surface area contributed by atoms with Gasteiger partial charge in [0.15, 0.2) is 0 Å². The number of furan rings is 1. The van der Waals surface area contributed by atoms with Crippen LogP contribution in [0.2, 0.25) is 0 Å². The van der Waals surface area contributed by atoms with E-state index in [-0.39, 0.29) is 11.9 Å². The highest BCUT2D eigenvalue weighted by Crippen LogP contribution is 2.26. The van der Waals surface area contributed by atoms with E-state index in [0.717, 1.165) is 35.2 Å².